The first-order valence-electron chi connectivity index (χ1n) is 6.98. The molecule has 0 aromatic heterocycles. The third kappa shape index (κ3) is 2.55. The summed E-state index contributed by atoms with van der Waals surface area (Å²) in [6, 6.07) is 13.4. The zero-order valence-corrected chi connectivity index (χ0v) is 12.6. The van der Waals surface area contributed by atoms with E-state index in [-0.39, 0.29) is 11.9 Å². The normalized spacial score (nSPS) is 17.5. The van der Waals surface area contributed by atoms with Gasteiger partial charge in [-0.15, -0.1) is 0 Å². The molecular weight excluding hydrogens is 284 g/mol. The van der Waals surface area contributed by atoms with Crippen LogP contribution in [0.5, 0.6) is 0 Å². The van der Waals surface area contributed by atoms with Gasteiger partial charge in [-0.25, -0.2) is 0 Å². The monoisotopic (exact) mass is 300 g/mol. The molecule has 3 rings (SSSR count). The highest BCUT2D eigenvalue weighted by atomic mass is 35.5. The maximum Gasteiger partial charge on any atom is 0.259 e. The number of benzene rings is 2. The van der Waals surface area contributed by atoms with Gasteiger partial charge in [-0.3, -0.25) is 4.79 Å². The summed E-state index contributed by atoms with van der Waals surface area (Å²) in [6.45, 7) is 2.41. The second-order valence-electron chi connectivity index (χ2n) is 5.45. The molecule has 1 unspecified atom stereocenters. The average molecular weight is 301 g/mol. The number of hydrogen-bond donors (Lipinski definition) is 1. The fourth-order valence-corrected chi connectivity index (χ4v) is 2.98. The number of amides is 1. The van der Waals surface area contributed by atoms with Gasteiger partial charge in [0.25, 0.3) is 5.91 Å². The Kier molecular flexibility index (Phi) is 3.70. The number of rotatable bonds is 1. The van der Waals surface area contributed by atoms with Crippen LogP contribution in [0.15, 0.2) is 42.5 Å². The fourth-order valence-electron chi connectivity index (χ4n) is 2.78. The molecular formula is C17H17ClN2O. The van der Waals surface area contributed by atoms with E-state index in [1.54, 1.807) is 11.0 Å². The van der Waals surface area contributed by atoms with E-state index in [4.69, 9.17) is 17.3 Å². The van der Waals surface area contributed by atoms with Crippen molar-refractivity contribution >= 4 is 23.2 Å². The molecule has 0 bridgehead atoms. The highest BCUT2D eigenvalue weighted by Gasteiger charge is 2.28. The minimum atomic E-state index is -0.0914. The SMILES string of the molecule is Cc1cccc(C(=O)N2CC(N)Cc3ccccc32)c1Cl. The predicted octanol–water partition coefficient (Wildman–Crippen LogP) is 3.18. The van der Waals surface area contributed by atoms with E-state index < -0.39 is 0 Å². The van der Waals surface area contributed by atoms with Crippen LogP contribution in [0.25, 0.3) is 0 Å². The van der Waals surface area contributed by atoms with Crippen molar-refractivity contribution in [3.8, 4) is 0 Å². The molecule has 0 saturated heterocycles. The molecule has 1 heterocycles. The second-order valence-corrected chi connectivity index (χ2v) is 5.82. The van der Waals surface area contributed by atoms with Gasteiger partial charge in [-0.1, -0.05) is 41.9 Å². The molecule has 2 N–H and O–H groups in total. The first kappa shape index (κ1) is 14.1. The average Bonchev–Trinajstić information content (AvgIpc) is 2.48. The largest absolute Gasteiger partial charge is 0.326 e. The Labute approximate surface area is 129 Å². The van der Waals surface area contributed by atoms with Crippen molar-refractivity contribution in [3.63, 3.8) is 0 Å². The molecule has 108 valence electrons. The van der Waals surface area contributed by atoms with Crippen LogP contribution >= 0.6 is 11.6 Å². The molecule has 3 nitrogen and oxygen atoms in total. The molecule has 2 aromatic carbocycles. The maximum absolute atomic E-state index is 12.9. The third-order valence-electron chi connectivity index (χ3n) is 3.85. The number of aryl methyl sites for hydroxylation is 1. The van der Waals surface area contributed by atoms with Crippen molar-refractivity contribution in [2.75, 3.05) is 11.4 Å². The molecule has 1 aliphatic heterocycles. The van der Waals surface area contributed by atoms with E-state index in [0.29, 0.717) is 17.1 Å². The number of nitrogens with zero attached hydrogens (tertiary/aromatic N) is 1. The Morgan fingerprint density at radius 1 is 1.24 bits per heavy atom. The van der Waals surface area contributed by atoms with E-state index >= 15 is 0 Å². The van der Waals surface area contributed by atoms with Crippen LogP contribution < -0.4 is 10.6 Å². The van der Waals surface area contributed by atoms with Crippen LogP contribution in [0.3, 0.4) is 0 Å². The van der Waals surface area contributed by atoms with Crippen LogP contribution in [0.2, 0.25) is 5.02 Å². The lowest BCUT2D eigenvalue weighted by Gasteiger charge is -2.33. The van der Waals surface area contributed by atoms with Crippen molar-refractivity contribution < 1.29 is 4.79 Å². The van der Waals surface area contributed by atoms with E-state index in [1.807, 2.05) is 43.3 Å². The van der Waals surface area contributed by atoms with Crippen molar-refractivity contribution in [1.82, 2.24) is 0 Å². The van der Waals surface area contributed by atoms with E-state index in [2.05, 4.69) is 0 Å². The third-order valence-corrected chi connectivity index (χ3v) is 4.35. The summed E-state index contributed by atoms with van der Waals surface area (Å²) < 4.78 is 0. The van der Waals surface area contributed by atoms with Crippen molar-refractivity contribution in [3.05, 3.63) is 64.2 Å². The molecule has 0 spiro atoms. The molecule has 0 radical (unpaired) electrons. The topological polar surface area (TPSA) is 46.3 Å². The number of carbonyl (C=O) groups excluding carboxylic acids is 1. The molecule has 21 heavy (non-hydrogen) atoms. The molecule has 0 saturated carbocycles. The predicted molar refractivity (Wildman–Crippen MR) is 86.0 cm³/mol. The summed E-state index contributed by atoms with van der Waals surface area (Å²) in [6.07, 6.45) is 0.793. The quantitative estimate of drug-likeness (QED) is 0.879. The summed E-state index contributed by atoms with van der Waals surface area (Å²) in [7, 11) is 0. The van der Waals surface area contributed by atoms with Crippen LogP contribution in [0.1, 0.15) is 21.5 Å². The number of fused-ring (bicyclic) bond motifs is 1. The molecule has 2 aromatic rings. The molecule has 4 heteroatoms. The zero-order valence-electron chi connectivity index (χ0n) is 11.8. The number of anilines is 1. The van der Waals surface area contributed by atoms with Gasteiger partial charge in [-0.05, 0) is 36.6 Å². The Bertz CT molecular complexity index is 699. The van der Waals surface area contributed by atoms with Crippen LogP contribution in [0, 0.1) is 6.92 Å². The van der Waals surface area contributed by atoms with E-state index in [1.165, 1.54) is 0 Å². The van der Waals surface area contributed by atoms with Gasteiger partial charge in [0.15, 0.2) is 0 Å². The smallest absolute Gasteiger partial charge is 0.259 e. The number of carbonyl (C=O) groups is 1. The minimum Gasteiger partial charge on any atom is -0.326 e. The van der Waals surface area contributed by atoms with Gasteiger partial charge >= 0.3 is 0 Å². The zero-order chi connectivity index (χ0) is 15.0. The van der Waals surface area contributed by atoms with E-state index in [9.17, 15) is 4.79 Å². The number of para-hydroxylation sites is 1. The van der Waals surface area contributed by atoms with Crippen LogP contribution in [-0.4, -0.2) is 18.5 Å². The van der Waals surface area contributed by atoms with Gasteiger partial charge in [-0.2, -0.15) is 0 Å². The van der Waals surface area contributed by atoms with Crippen LogP contribution in [0.4, 0.5) is 5.69 Å². The van der Waals surface area contributed by atoms with E-state index in [0.717, 1.165) is 23.2 Å². The van der Waals surface area contributed by atoms with Crippen molar-refractivity contribution in [1.29, 1.82) is 0 Å². The Morgan fingerprint density at radius 2 is 2.00 bits per heavy atom. The summed E-state index contributed by atoms with van der Waals surface area (Å²) in [5, 5.41) is 0.513. The molecule has 1 atom stereocenters. The number of nitrogens with two attached hydrogens (primary N) is 1. The fraction of sp³-hybridized carbons (Fsp3) is 0.235. The minimum absolute atomic E-state index is 0.0487. The lowest BCUT2D eigenvalue weighted by Crippen LogP contribution is -2.46. The maximum atomic E-state index is 12.9. The van der Waals surface area contributed by atoms with Crippen molar-refractivity contribution in [2.45, 2.75) is 19.4 Å². The number of halogens is 1. The van der Waals surface area contributed by atoms with Crippen molar-refractivity contribution in [2.24, 2.45) is 5.73 Å². The first-order chi connectivity index (χ1) is 10.1. The summed E-state index contributed by atoms with van der Waals surface area (Å²) >= 11 is 6.29. The van der Waals surface area contributed by atoms with Gasteiger partial charge in [0.1, 0.15) is 0 Å². The Balaban J connectivity index is 2.04. The highest BCUT2D eigenvalue weighted by Crippen LogP contribution is 2.30. The highest BCUT2D eigenvalue weighted by molar-refractivity contribution is 6.35. The molecule has 1 aliphatic rings. The standard InChI is InChI=1S/C17H17ClN2O/c1-11-5-4-7-14(16(11)18)17(21)20-10-13(19)9-12-6-2-3-8-15(12)20/h2-8,13H,9-10,19H2,1H3. The summed E-state index contributed by atoms with van der Waals surface area (Å²) in [5.41, 5.74) is 9.56. The molecule has 0 fully saturated rings. The Hall–Kier alpha value is -1.84. The molecule has 1 amide bonds. The second kappa shape index (κ2) is 5.51. The van der Waals surface area contributed by atoms with Gasteiger partial charge in [0.2, 0.25) is 0 Å². The van der Waals surface area contributed by atoms with Crippen LogP contribution in [-0.2, 0) is 6.42 Å². The lowest BCUT2D eigenvalue weighted by atomic mass is 9.97. The first-order valence-corrected chi connectivity index (χ1v) is 7.36. The summed E-state index contributed by atoms with van der Waals surface area (Å²) in [5.74, 6) is -0.0914. The molecule has 0 aliphatic carbocycles. The van der Waals surface area contributed by atoms with Gasteiger partial charge in [0, 0.05) is 18.3 Å². The number of hydrogen-bond acceptors (Lipinski definition) is 2. The van der Waals surface area contributed by atoms with Gasteiger partial charge < -0.3 is 10.6 Å². The lowest BCUT2D eigenvalue weighted by molar-refractivity contribution is 0.0983. The Morgan fingerprint density at radius 3 is 2.81 bits per heavy atom. The summed E-state index contributed by atoms with van der Waals surface area (Å²) in [4.78, 5) is 14.6. The van der Waals surface area contributed by atoms with Gasteiger partial charge in [0.05, 0.1) is 10.6 Å².